The second-order valence-corrected chi connectivity index (χ2v) is 6.78. The van der Waals surface area contributed by atoms with Crippen LogP contribution in [0.3, 0.4) is 0 Å². The number of carboxylic acid groups (broad SMARTS) is 1. The summed E-state index contributed by atoms with van der Waals surface area (Å²) in [4.78, 5) is 11.1. The molecule has 7 heteroatoms. The van der Waals surface area contributed by atoms with Crippen molar-refractivity contribution < 1.29 is 23.1 Å². The van der Waals surface area contributed by atoms with Gasteiger partial charge >= 0.3 is 5.97 Å². The van der Waals surface area contributed by atoms with Crippen molar-refractivity contribution in [1.29, 1.82) is 0 Å². The van der Waals surface area contributed by atoms with Crippen LogP contribution in [0.15, 0.2) is 29.2 Å². The molecule has 1 atom stereocenters. The zero-order valence-electron chi connectivity index (χ0n) is 12.4. The smallest absolute Gasteiger partial charge is 0.322 e. The van der Waals surface area contributed by atoms with Gasteiger partial charge in [-0.05, 0) is 30.0 Å². The maximum atomic E-state index is 12.2. The number of nitrogens with one attached hydrogen (secondary N) is 1. The van der Waals surface area contributed by atoms with E-state index in [1.54, 1.807) is 33.1 Å². The Morgan fingerprint density at radius 3 is 2.29 bits per heavy atom. The average molecular weight is 315 g/mol. The van der Waals surface area contributed by atoms with E-state index in [2.05, 4.69) is 4.72 Å². The summed E-state index contributed by atoms with van der Waals surface area (Å²) in [6, 6.07) is 5.17. The lowest BCUT2D eigenvalue weighted by Gasteiger charge is -2.18. The quantitative estimate of drug-likeness (QED) is 0.753. The van der Waals surface area contributed by atoms with Gasteiger partial charge in [-0.1, -0.05) is 26.0 Å². The third-order valence-electron chi connectivity index (χ3n) is 3.04. The molecule has 0 aliphatic rings. The van der Waals surface area contributed by atoms with Gasteiger partial charge in [0.05, 0.1) is 11.5 Å². The number of carboxylic acids is 1. The number of rotatable bonds is 8. The fraction of sp³-hybridized carbons (Fsp3) is 0.500. The first kappa shape index (κ1) is 17.6. The molecule has 118 valence electrons. The van der Waals surface area contributed by atoms with Crippen molar-refractivity contribution in [2.75, 3.05) is 13.7 Å². The SMILES string of the molecule is COCCc1ccc(S(=O)(=O)NC(C(=O)O)C(C)C)cc1. The lowest BCUT2D eigenvalue weighted by Crippen LogP contribution is -2.44. The molecule has 1 aromatic rings. The molecular weight excluding hydrogens is 294 g/mol. The Bertz CT molecular complexity index is 566. The summed E-state index contributed by atoms with van der Waals surface area (Å²) in [6.07, 6.45) is 0.688. The van der Waals surface area contributed by atoms with E-state index in [1.807, 2.05) is 0 Å². The predicted molar refractivity (Wildman–Crippen MR) is 78.6 cm³/mol. The number of sulfonamides is 1. The second-order valence-electron chi connectivity index (χ2n) is 5.07. The molecule has 1 aromatic carbocycles. The van der Waals surface area contributed by atoms with Gasteiger partial charge in [-0.3, -0.25) is 4.79 Å². The van der Waals surface area contributed by atoms with Crippen molar-refractivity contribution >= 4 is 16.0 Å². The van der Waals surface area contributed by atoms with Crippen molar-refractivity contribution in [2.45, 2.75) is 31.2 Å². The zero-order valence-corrected chi connectivity index (χ0v) is 13.2. The van der Waals surface area contributed by atoms with Crippen LogP contribution in [0.2, 0.25) is 0 Å². The van der Waals surface area contributed by atoms with E-state index in [0.717, 1.165) is 5.56 Å². The van der Waals surface area contributed by atoms with Gasteiger partial charge in [0.1, 0.15) is 6.04 Å². The van der Waals surface area contributed by atoms with Crippen LogP contribution in [0.5, 0.6) is 0 Å². The fourth-order valence-electron chi connectivity index (χ4n) is 1.76. The second kappa shape index (κ2) is 7.53. The summed E-state index contributed by atoms with van der Waals surface area (Å²) in [7, 11) is -2.25. The van der Waals surface area contributed by atoms with Gasteiger partial charge in [0, 0.05) is 7.11 Å². The van der Waals surface area contributed by atoms with Gasteiger partial charge in [0.15, 0.2) is 0 Å². The van der Waals surface area contributed by atoms with Crippen molar-refractivity contribution in [3.63, 3.8) is 0 Å². The van der Waals surface area contributed by atoms with Crippen molar-refractivity contribution in [1.82, 2.24) is 4.72 Å². The first-order valence-electron chi connectivity index (χ1n) is 6.61. The summed E-state index contributed by atoms with van der Waals surface area (Å²) in [5.41, 5.74) is 0.953. The van der Waals surface area contributed by atoms with Crippen LogP contribution in [0.4, 0.5) is 0 Å². The van der Waals surface area contributed by atoms with Crippen LogP contribution in [-0.2, 0) is 26.0 Å². The highest BCUT2D eigenvalue weighted by atomic mass is 32.2. The van der Waals surface area contributed by atoms with Crippen molar-refractivity contribution in [3.05, 3.63) is 29.8 Å². The van der Waals surface area contributed by atoms with Gasteiger partial charge in [-0.2, -0.15) is 4.72 Å². The minimum atomic E-state index is -3.85. The van der Waals surface area contributed by atoms with Crippen LogP contribution in [0.1, 0.15) is 19.4 Å². The lowest BCUT2D eigenvalue weighted by molar-refractivity contribution is -0.140. The number of ether oxygens (including phenoxy) is 1. The molecule has 0 spiro atoms. The molecule has 0 aromatic heterocycles. The van der Waals surface area contributed by atoms with Crippen LogP contribution >= 0.6 is 0 Å². The molecule has 0 radical (unpaired) electrons. The third kappa shape index (κ3) is 5.11. The number of benzene rings is 1. The monoisotopic (exact) mass is 315 g/mol. The molecule has 0 saturated heterocycles. The van der Waals surface area contributed by atoms with Gasteiger partial charge in [0.2, 0.25) is 10.0 Å². The molecule has 0 bridgehead atoms. The van der Waals surface area contributed by atoms with Crippen molar-refractivity contribution in [2.24, 2.45) is 5.92 Å². The Balaban J connectivity index is 2.89. The Morgan fingerprint density at radius 1 is 1.29 bits per heavy atom. The molecule has 2 N–H and O–H groups in total. The van der Waals surface area contributed by atoms with Gasteiger partial charge in [0.25, 0.3) is 0 Å². The standard InChI is InChI=1S/C14H21NO5S/c1-10(2)13(14(16)17)15-21(18,19)12-6-4-11(5-7-12)8-9-20-3/h4-7,10,13,15H,8-9H2,1-3H3,(H,16,17). The van der Waals surface area contributed by atoms with Crippen LogP contribution < -0.4 is 4.72 Å². The Kier molecular flexibility index (Phi) is 6.32. The maximum Gasteiger partial charge on any atom is 0.322 e. The maximum absolute atomic E-state index is 12.2. The minimum Gasteiger partial charge on any atom is -0.480 e. The molecule has 0 heterocycles. The minimum absolute atomic E-state index is 0.0515. The van der Waals surface area contributed by atoms with Crippen LogP contribution in [0.25, 0.3) is 0 Å². The Morgan fingerprint density at radius 2 is 1.86 bits per heavy atom. The number of hydrogen-bond acceptors (Lipinski definition) is 4. The van der Waals surface area contributed by atoms with Gasteiger partial charge in [-0.15, -0.1) is 0 Å². The number of methoxy groups -OCH3 is 1. The highest BCUT2D eigenvalue weighted by molar-refractivity contribution is 7.89. The van der Waals surface area contributed by atoms with E-state index in [1.165, 1.54) is 12.1 Å². The van der Waals surface area contributed by atoms with Crippen molar-refractivity contribution in [3.8, 4) is 0 Å². The molecule has 0 saturated carbocycles. The van der Waals surface area contributed by atoms with E-state index in [0.29, 0.717) is 13.0 Å². The summed E-state index contributed by atoms with van der Waals surface area (Å²) in [5.74, 6) is -1.54. The van der Waals surface area contributed by atoms with Gasteiger partial charge < -0.3 is 9.84 Å². The summed E-state index contributed by atoms with van der Waals surface area (Å²) in [5, 5.41) is 9.05. The molecule has 0 aliphatic heterocycles. The highest BCUT2D eigenvalue weighted by Crippen LogP contribution is 2.13. The van der Waals surface area contributed by atoms with Crippen LogP contribution in [0, 0.1) is 5.92 Å². The average Bonchev–Trinajstić information content (AvgIpc) is 2.42. The molecule has 1 unspecified atom stereocenters. The molecular formula is C14H21NO5S. The largest absolute Gasteiger partial charge is 0.480 e. The Labute approximate surface area is 125 Å². The lowest BCUT2D eigenvalue weighted by atomic mass is 10.1. The van der Waals surface area contributed by atoms with Crippen LogP contribution in [-0.4, -0.2) is 39.3 Å². The van der Waals surface area contributed by atoms with Gasteiger partial charge in [-0.25, -0.2) is 8.42 Å². The highest BCUT2D eigenvalue weighted by Gasteiger charge is 2.27. The first-order chi connectivity index (χ1) is 9.77. The molecule has 0 aliphatic carbocycles. The molecule has 0 fully saturated rings. The fourth-order valence-corrected chi connectivity index (χ4v) is 3.10. The normalized spacial score (nSPS) is 13.3. The zero-order chi connectivity index (χ0) is 16.0. The predicted octanol–water partition coefficient (Wildman–Crippen LogP) is 1.26. The molecule has 21 heavy (non-hydrogen) atoms. The topological polar surface area (TPSA) is 92.7 Å². The molecule has 6 nitrogen and oxygen atoms in total. The molecule has 1 rings (SSSR count). The summed E-state index contributed by atoms with van der Waals surface area (Å²) >= 11 is 0. The first-order valence-corrected chi connectivity index (χ1v) is 8.09. The van der Waals surface area contributed by atoms with E-state index < -0.39 is 22.0 Å². The van der Waals surface area contributed by atoms with E-state index in [9.17, 15) is 13.2 Å². The summed E-state index contributed by atoms with van der Waals surface area (Å²) < 4.78 is 31.5. The number of carbonyl (C=O) groups is 1. The Hall–Kier alpha value is -1.44. The van der Waals surface area contributed by atoms with E-state index in [4.69, 9.17) is 9.84 Å². The molecule has 0 amide bonds. The van der Waals surface area contributed by atoms with E-state index >= 15 is 0 Å². The number of hydrogen-bond donors (Lipinski definition) is 2. The van der Waals surface area contributed by atoms with E-state index in [-0.39, 0.29) is 10.8 Å². The number of aliphatic carboxylic acids is 1. The third-order valence-corrected chi connectivity index (χ3v) is 4.50. The summed E-state index contributed by atoms with van der Waals surface area (Å²) in [6.45, 7) is 3.85.